The van der Waals surface area contributed by atoms with E-state index in [0.29, 0.717) is 5.52 Å². The summed E-state index contributed by atoms with van der Waals surface area (Å²) in [6, 6.07) is 0. The zero-order chi connectivity index (χ0) is 19.7. The zero-order valence-corrected chi connectivity index (χ0v) is 14.9. The molecule has 0 unspecified atom stereocenters. The predicted octanol–water partition coefficient (Wildman–Crippen LogP) is -0.830. The minimum atomic E-state index is -1.27. The quantitative estimate of drug-likeness (QED) is 0.622. The van der Waals surface area contributed by atoms with E-state index in [2.05, 4.69) is 15.0 Å². The van der Waals surface area contributed by atoms with Gasteiger partial charge in [0.1, 0.15) is 18.8 Å². The third-order valence-electron chi connectivity index (χ3n) is 3.94. The summed E-state index contributed by atoms with van der Waals surface area (Å²) in [6.07, 6.45) is -2.84. The molecular formula is C15H19N5O7. The van der Waals surface area contributed by atoms with Crippen LogP contribution in [-0.4, -0.2) is 68.6 Å². The van der Waals surface area contributed by atoms with Gasteiger partial charge < -0.3 is 29.8 Å². The van der Waals surface area contributed by atoms with E-state index >= 15 is 0 Å². The molecule has 1 saturated heterocycles. The first kappa shape index (κ1) is 18.8. The molecule has 1 aliphatic heterocycles. The molecule has 12 heteroatoms. The van der Waals surface area contributed by atoms with Gasteiger partial charge in [0, 0.05) is 13.8 Å². The van der Waals surface area contributed by atoms with Crippen molar-refractivity contribution in [2.24, 2.45) is 0 Å². The van der Waals surface area contributed by atoms with Gasteiger partial charge in [-0.25, -0.2) is 4.98 Å². The Morgan fingerprint density at radius 3 is 2.70 bits per heavy atom. The first-order valence-electron chi connectivity index (χ1n) is 8.00. The summed E-state index contributed by atoms with van der Waals surface area (Å²) in [5.41, 5.74) is 6.27. The molecule has 27 heavy (non-hydrogen) atoms. The van der Waals surface area contributed by atoms with Crippen LogP contribution in [0.3, 0.4) is 0 Å². The highest BCUT2D eigenvalue weighted by molar-refractivity contribution is 5.77. The first-order chi connectivity index (χ1) is 12.8. The number of fused-ring (bicyclic) bond motifs is 1. The van der Waals surface area contributed by atoms with Crippen molar-refractivity contribution in [3.8, 4) is 5.88 Å². The van der Waals surface area contributed by atoms with Gasteiger partial charge in [0.2, 0.25) is 11.8 Å². The Kier molecular flexibility index (Phi) is 5.10. The lowest BCUT2D eigenvalue weighted by molar-refractivity contribution is -0.157. The van der Waals surface area contributed by atoms with E-state index in [0.717, 1.165) is 0 Å². The molecule has 1 aliphatic rings. The second-order valence-corrected chi connectivity index (χ2v) is 5.85. The van der Waals surface area contributed by atoms with E-state index in [1.807, 2.05) is 0 Å². The number of ether oxygens (including phenoxy) is 4. The summed E-state index contributed by atoms with van der Waals surface area (Å²) in [7, 11) is 1.41. The summed E-state index contributed by atoms with van der Waals surface area (Å²) in [5.74, 6) is -1.03. The third-order valence-corrected chi connectivity index (χ3v) is 3.94. The van der Waals surface area contributed by atoms with Crippen LogP contribution in [0.5, 0.6) is 5.88 Å². The van der Waals surface area contributed by atoms with Crippen LogP contribution < -0.4 is 10.5 Å². The molecule has 0 radical (unpaired) electrons. The van der Waals surface area contributed by atoms with Crippen LogP contribution in [0, 0.1) is 0 Å². The van der Waals surface area contributed by atoms with E-state index in [1.165, 1.54) is 31.9 Å². The minimum Gasteiger partial charge on any atom is -0.479 e. The number of nitrogen functional groups attached to an aromatic ring is 1. The van der Waals surface area contributed by atoms with Crippen LogP contribution in [0.2, 0.25) is 0 Å². The number of hydrogen-bond acceptors (Lipinski definition) is 11. The van der Waals surface area contributed by atoms with Gasteiger partial charge in [-0.15, -0.1) is 0 Å². The molecule has 12 nitrogen and oxygen atoms in total. The molecule has 1 fully saturated rings. The van der Waals surface area contributed by atoms with Crippen LogP contribution in [0.15, 0.2) is 6.33 Å². The van der Waals surface area contributed by atoms with E-state index < -0.39 is 36.5 Å². The Labute approximate surface area is 153 Å². The van der Waals surface area contributed by atoms with E-state index in [4.69, 9.17) is 24.7 Å². The Bertz CT molecular complexity index is 870. The normalized spacial score (nSPS) is 24.7. The Balaban J connectivity index is 1.96. The maximum atomic E-state index is 11.4. The topological polar surface area (TPSA) is 161 Å². The smallest absolute Gasteiger partial charge is 0.303 e. The molecule has 2 aromatic rings. The fourth-order valence-electron chi connectivity index (χ4n) is 2.86. The van der Waals surface area contributed by atoms with Crippen LogP contribution >= 0.6 is 0 Å². The predicted molar refractivity (Wildman–Crippen MR) is 88.4 cm³/mol. The molecule has 3 rings (SSSR count). The fraction of sp³-hybridized carbons (Fsp3) is 0.533. The Hall–Kier alpha value is -2.99. The Morgan fingerprint density at radius 2 is 2.07 bits per heavy atom. The summed E-state index contributed by atoms with van der Waals surface area (Å²) in [6.45, 7) is 2.24. The molecule has 3 heterocycles. The van der Waals surface area contributed by atoms with Gasteiger partial charge in [-0.3, -0.25) is 14.2 Å². The van der Waals surface area contributed by atoms with E-state index in [-0.39, 0.29) is 24.1 Å². The Morgan fingerprint density at radius 1 is 1.33 bits per heavy atom. The maximum Gasteiger partial charge on any atom is 0.303 e. The van der Waals surface area contributed by atoms with Crippen molar-refractivity contribution >= 4 is 29.1 Å². The van der Waals surface area contributed by atoms with E-state index in [1.54, 1.807) is 0 Å². The number of hydrogen-bond donors (Lipinski definition) is 2. The molecule has 0 aliphatic carbocycles. The van der Waals surface area contributed by atoms with Crippen molar-refractivity contribution in [1.82, 2.24) is 19.5 Å². The van der Waals surface area contributed by atoms with Gasteiger partial charge in [0.15, 0.2) is 23.5 Å². The summed E-state index contributed by atoms with van der Waals surface area (Å²) >= 11 is 0. The van der Waals surface area contributed by atoms with E-state index in [9.17, 15) is 14.7 Å². The highest BCUT2D eigenvalue weighted by atomic mass is 16.6. The molecule has 0 spiro atoms. The number of esters is 2. The number of anilines is 1. The van der Waals surface area contributed by atoms with Crippen molar-refractivity contribution in [2.75, 3.05) is 19.5 Å². The molecule has 146 valence electrons. The number of rotatable bonds is 5. The van der Waals surface area contributed by atoms with Crippen LogP contribution in [0.4, 0.5) is 5.95 Å². The van der Waals surface area contributed by atoms with Crippen molar-refractivity contribution in [3.63, 3.8) is 0 Å². The average molecular weight is 381 g/mol. The summed E-state index contributed by atoms with van der Waals surface area (Å²) < 4.78 is 22.4. The molecule has 4 atom stereocenters. The number of aromatic nitrogens is 4. The molecule has 0 saturated carbocycles. The van der Waals surface area contributed by atoms with Crippen molar-refractivity contribution in [1.29, 1.82) is 0 Å². The van der Waals surface area contributed by atoms with Gasteiger partial charge in [-0.1, -0.05) is 0 Å². The molecule has 3 N–H and O–H groups in total. The summed E-state index contributed by atoms with van der Waals surface area (Å²) in [5, 5.41) is 10.7. The number of carbonyl (C=O) groups excluding carboxylic acids is 2. The first-order valence-corrected chi connectivity index (χ1v) is 8.00. The van der Waals surface area contributed by atoms with Crippen molar-refractivity contribution in [3.05, 3.63) is 6.33 Å². The largest absolute Gasteiger partial charge is 0.479 e. The monoisotopic (exact) mass is 381 g/mol. The lowest BCUT2D eigenvalue weighted by atomic mass is 10.1. The van der Waals surface area contributed by atoms with Crippen LogP contribution in [0.25, 0.3) is 11.2 Å². The number of imidazole rings is 1. The SMILES string of the molecule is COc1nc(N)nc2c1ncn2[C@@H]1O[C@H](COC(C)=O)[C@@H](OC(C)=O)[C@@H]1O. The number of carbonyl (C=O) groups is 2. The number of aliphatic hydroxyl groups excluding tert-OH is 1. The van der Waals surface area contributed by atoms with Crippen molar-refractivity contribution in [2.45, 2.75) is 38.4 Å². The van der Waals surface area contributed by atoms with Crippen molar-refractivity contribution < 1.29 is 33.6 Å². The lowest BCUT2D eigenvalue weighted by Crippen LogP contribution is -2.38. The molecule has 2 aromatic heterocycles. The summed E-state index contributed by atoms with van der Waals surface area (Å²) in [4.78, 5) is 34.7. The minimum absolute atomic E-state index is 0.0541. The lowest BCUT2D eigenvalue weighted by Gasteiger charge is -2.19. The number of aliphatic hydroxyl groups is 1. The fourth-order valence-corrected chi connectivity index (χ4v) is 2.86. The maximum absolute atomic E-state index is 11.4. The molecule has 0 bridgehead atoms. The van der Waals surface area contributed by atoms with Gasteiger partial charge in [-0.2, -0.15) is 9.97 Å². The standard InChI is InChI=1S/C15H19N5O7/c1-6(21)25-4-8-11(26-7(2)22)10(23)14(27-8)20-5-17-9-12(20)18-15(16)19-13(9)24-3/h5,8,10-11,14,23H,4H2,1-3H3,(H2,16,18,19)/t8-,10+,11-,14-/m1/s1. The molecular weight excluding hydrogens is 362 g/mol. The van der Waals surface area contributed by atoms with Gasteiger partial charge in [0.25, 0.3) is 0 Å². The highest BCUT2D eigenvalue weighted by Crippen LogP contribution is 2.34. The molecule has 0 amide bonds. The second kappa shape index (κ2) is 7.32. The average Bonchev–Trinajstić information content (AvgIpc) is 3.14. The van der Waals surface area contributed by atoms with Gasteiger partial charge in [-0.05, 0) is 0 Å². The third kappa shape index (κ3) is 3.61. The van der Waals surface area contributed by atoms with Gasteiger partial charge >= 0.3 is 11.9 Å². The van der Waals surface area contributed by atoms with Gasteiger partial charge in [0.05, 0.1) is 13.4 Å². The number of nitrogens with two attached hydrogens (primary N) is 1. The number of nitrogens with zero attached hydrogens (tertiary/aromatic N) is 4. The molecule has 0 aromatic carbocycles. The second-order valence-electron chi connectivity index (χ2n) is 5.85. The van der Waals surface area contributed by atoms with Crippen LogP contribution in [0.1, 0.15) is 20.1 Å². The number of methoxy groups -OCH3 is 1. The van der Waals surface area contributed by atoms with Crippen LogP contribution in [-0.2, 0) is 23.8 Å². The highest BCUT2D eigenvalue weighted by Gasteiger charge is 2.48. The zero-order valence-electron chi connectivity index (χ0n) is 14.9.